The van der Waals surface area contributed by atoms with Gasteiger partial charge in [0.05, 0.1) is 6.54 Å². The molecule has 0 saturated heterocycles. The second-order valence-electron chi connectivity index (χ2n) is 6.20. The Hall–Kier alpha value is -2.44. The summed E-state index contributed by atoms with van der Waals surface area (Å²) in [6.07, 6.45) is 7.79. The number of amides is 2. The van der Waals surface area contributed by atoms with E-state index < -0.39 is 0 Å². The minimum Gasteiger partial charge on any atom is -0.354 e. The first-order valence-electron chi connectivity index (χ1n) is 8.57. The topological polar surface area (TPSA) is 88.4 Å². The molecule has 0 bridgehead atoms. The predicted molar refractivity (Wildman–Crippen MR) is 89.3 cm³/mol. The molecule has 0 spiro atoms. The van der Waals surface area contributed by atoms with E-state index in [4.69, 9.17) is 0 Å². The van der Waals surface area contributed by atoms with Crippen molar-refractivity contribution in [1.29, 1.82) is 0 Å². The SMILES string of the molecule is O=C(CNC(=O)C1CCCCC1)NCCc1nnc2ccccn12. The quantitative estimate of drug-likeness (QED) is 0.830. The Morgan fingerprint density at radius 3 is 2.79 bits per heavy atom. The van der Waals surface area contributed by atoms with Gasteiger partial charge in [0.15, 0.2) is 5.65 Å². The third-order valence-corrected chi connectivity index (χ3v) is 4.45. The van der Waals surface area contributed by atoms with Gasteiger partial charge in [0.25, 0.3) is 0 Å². The largest absolute Gasteiger partial charge is 0.354 e. The Kier molecular flexibility index (Phi) is 5.40. The number of hydrogen-bond acceptors (Lipinski definition) is 4. The van der Waals surface area contributed by atoms with Gasteiger partial charge in [0.2, 0.25) is 11.8 Å². The lowest BCUT2D eigenvalue weighted by atomic mass is 9.89. The fourth-order valence-electron chi connectivity index (χ4n) is 3.11. The molecule has 24 heavy (non-hydrogen) atoms. The molecule has 0 aliphatic heterocycles. The van der Waals surface area contributed by atoms with Gasteiger partial charge in [-0.05, 0) is 25.0 Å². The normalized spacial score (nSPS) is 15.3. The summed E-state index contributed by atoms with van der Waals surface area (Å²) in [5.41, 5.74) is 0.790. The molecule has 128 valence electrons. The molecule has 7 heteroatoms. The van der Waals surface area contributed by atoms with Gasteiger partial charge in [-0.3, -0.25) is 14.0 Å². The first kappa shape index (κ1) is 16.4. The smallest absolute Gasteiger partial charge is 0.239 e. The van der Waals surface area contributed by atoms with Crippen LogP contribution in [0.15, 0.2) is 24.4 Å². The predicted octanol–water partition coefficient (Wildman–Crippen LogP) is 1.08. The van der Waals surface area contributed by atoms with Crippen LogP contribution in [0.25, 0.3) is 5.65 Å². The van der Waals surface area contributed by atoms with Crippen molar-refractivity contribution >= 4 is 17.5 Å². The van der Waals surface area contributed by atoms with Crippen molar-refractivity contribution < 1.29 is 9.59 Å². The lowest BCUT2D eigenvalue weighted by Crippen LogP contribution is -2.40. The highest BCUT2D eigenvalue weighted by atomic mass is 16.2. The second kappa shape index (κ2) is 7.90. The molecule has 1 aliphatic carbocycles. The molecule has 2 aromatic rings. The Morgan fingerprint density at radius 1 is 1.12 bits per heavy atom. The summed E-state index contributed by atoms with van der Waals surface area (Å²) in [5, 5.41) is 13.7. The summed E-state index contributed by atoms with van der Waals surface area (Å²) < 4.78 is 1.90. The minimum atomic E-state index is -0.173. The number of hydrogen-bond donors (Lipinski definition) is 2. The third kappa shape index (κ3) is 4.10. The standard InChI is InChI=1S/C17H23N5O2/c23-16(12-19-17(24)13-6-2-1-3-7-13)18-10-9-15-21-20-14-8-4-5-11-22(14)15/h4-5,8,11,13H,1-3,6-7,9-10,12H2,(H,18,23)(H,19,24). The van der Waals surface area contributed by atoms with E-state index in [9.17, 15) is 9.59 Å². The van der Waals surface area contributed by atoms with Crippen molar-refractivity contribution in [2.45, 2.75) is 38.5 Å². The van der Waals surface area contributed by atoms with E-state index in [2.05, 4.69) is 20.8 Å². The Morgan fingerprint density at radius 2 is 1.96 bits per heavy atom. The zero-order chi connectivity index (χ0) is 16.8. The number of rotatable bonds is 6. The van der Waals surface area contributed by atoms with E-state index in [1.807, 2.05) is 28.8 Å². The van der Waals surface area contributed by atoms with Crippen LogP contribution in [0.4, 0.5) is 0 Å². The van der Waals surface area contributed by atoms with Crippen LogP contribution >= 0.6 is 0 Å². The van der Waals surface area contributed by atoms with Gasteiger partial charge in [-0.2, -0.15) is 0 Å². The summed E-state index contributed by atoms with van der Waals surface area (Å²) in [5.74, 6) is 0.715. The number of carbonyl (C=O) groups excluding carboxylic acids is 2. The van der Waals surface area contributed by atoms with Crippen molar-refractivity contribution in [3.8, 4) is 0 Å². The molecule has 7 nitrogen and oxygen atoms in total. The maximum Gasteiger partial charge on any atom is 0.239 e. The third-order valence-electron chi connectivity index (χ3n) is 4.45. The second-order valence-corrected chi connectivity index (χ2v) is 6.20. The molecule has 2 N–H and O–H groups in total. The van der Waals surface area contributed by atoms with E-state index in [0.29, 0.717) is 13.0 Å². The van der Waals surface area contributed by atoms with E-state index in [1.54, 1.807) is 0 Å². The number of carbonyl (C=O) groups is 2. The minimum absolute atomic E-state index is 0.00769. The Bertz CT molecular complexity index is 706. The fraction of sp³-hybridized carbons (Fsp3) is 0.529. The number of pyridine rings is 1. The molecule has 1 aliphatic rings. The van der Waals surface area contributed by atoms with Crippen LogP contribution in [0.1, 0.15) is 37.9 Å². The highest BCUT2D eigenvalue weighted by molar-refractivity contribution is 5.85. The van der Waals surface area contributed by atoms with Crippen LogP contribution in [0.5, 0.6) is 0 Å². The molecular weight excluding hydrogens is 306 g/mol. The molecule has 0 unspecified atom stereocenters. The molecule has 0 aromatic carbocycles. The highest BCUT2D eigenvalue weighted by Gasteiger charge is 2.21. The number of aromatic nitrogens is 3. The van der Waals surface area contributed by atoms with Crippen LogP contribution in [0.2, 0.25) is 0 Å². The monoisotopic (exact) mass is 329 g/mol. The average molecular weight is 329 g/mol. The van der Waals surface area contributed by atoms with Crippen LogP contribution in [0.3, 0.4) is 0 Å². The fourth-order valence-corrected chi connectivity index (χ4v) is 3.11. The van der Waals surface area contributed by atoms with Crippen molar-refractivity contribution in [3.63, 3.8) is 0 Å². The lowest BCUT2D eigenvalue weighted by Gasteiger charge is -2.20. The summed E-state index contributed by atoms with van der Waals surface area (Å²) in [6.45, 7) is 0.504. The van der Waals surface area contributed by atoms with Gasteiger partial charge < -0.3 is 10.6 Å². The Balaban J connectivity index is 1.38. The van der Waals surface area contributed by atoms with Gasteiger partial charge in [-0.1, -0.05) is 25.3 Å². The van der Waals surface area contributed by atoms with Crippen LogP contribution in [0, 0.1) is 5.92 Å². The van der Waals surface area contributed by atoms with Crippen molar-refractivity contribution in [2.75, 3.05) is 13.1 Å². The number of nitrogens with one attached hydrogen (secondary N) is 2. The van der Waals surface area contributed by atoms with Gasteiger partial charge in [-0.25, -0.2) is 0 Å². The summed E-state index contributed by atoms with van der Waals surface area (Å²) in [7, 11) is 0. The summed E-state index contributed by atoms with van der Waals surface area (Å²) in [4.78, 5) is 23.9. The van der Waals surface area contributed by atoms with Crippen LogP contribution in [-0.4, -0.2) is 39.5 Å². The molecule has 0 atom stereocenters. The maximum absolute atomic E-state index is 12.0. The zero-order valence-electron chi connectivity index (χ0n) is 13.7. The van der Waals surface area contributed by atoms with Gasteiger partial charge in [0.1, 0.15) is 5.82 Å². The number of fused-ring (bicyclic) bond motifs is 1. The molecule has 2 amide bonds. The van der Waals surface area contributed by atoms with E-state index >= 15 is 0 Å². The molecule has 1 fully saturated rings. The van der Waals surface area contributed by atoms with Crippen molar-refractivity contribution in [2.24, 2.45) is 5.92 Å². The molecule has 1 saturated carbocycles. The first-order chi connectivity index (χ1) is 11.7. The molecule has 0 radical (unpaired) electrons. The molecular formula is C17H23N5O2. The average Bonchev–Trinajstić information content (AvgIpc) is 3.04. The van der Waals surface area contributed by atoms with Crippen LogP contribution < -0.4 is 10.6 Å². The van der Waals surface area contributed by atoms with E-state index in [0.717, 1.165) is 37.2 Å². The van der Waals surface area contributed by atoms with Crippen LogP contribution in [-0.2, 0) is 16.0 Å². The lowest BCUT2D eigenvalue weighted by molar-refractivity contribution is -0.129. The number of nitrogens with zero attached hydrogens (tertiary/aromatic N) is 3. The zero-order valence-corrected chi connectivity index (χ0v) is 13.7. The van der Waals surface area contributed by atoms with Crippen molar-refractivity contribution in [3.05, 3.63) is 30.2 Å². The first-order valence-corrected chi connectivity index (χ1v) is 8.57. The summed E-state index contributed by atoms with van der Waals surface area (Å²) in [6, 6.07) is 5.71. The Labute approximate surface area is 140 Å². The molecule has 2 aromatic heterocycles. The summed E-state index contributed by atoms with van der Waals surface area (Å²) >= 11 is 0. The van der Waals surface area contributed by atoms with Gasteiger partial charge in [-0.15, -0.1) is 10.2 Å². The molecule has 2 heterocycles. The van der Waals surface area contributed by atoms with Crippen molar-refractivity contribution in [1.82, 2.24) is 25.2 Å². The highest BCUT2D eigenvalue weighted by Crippen LogP contribution is 2.23. The van der Waals surface area contributed by atoms with Gasteiger partial charge in [0, 0.05) is 25.1 Å². The maximum atomic E-state index is 12.0. The van der Waals surface area contributed by atoms with E-state index in [1.165, 1.54) is 6.42 Å². The molecule has 3 rings (SSSR count). The van der Waals surface area contributed by atoms with Gasteiger partial charge >= 0.3 is 0 Å². The van der Waals surface area contributed by atoms with E-state index in [-0.39, 0.29) is 24.3 Å².